The topological polar surface area (TPSA) is 78.9 Å². The molecular weight excluding hydrogens is 925 g/mol. The molecule has 0 bridgehead atoms. The van der Waals surface area contributed by atoms with E-state index in [1.54, 1.807) is 0 Å². The first-order valence-electron chi connectivity index (χ1n) is 30.0. The molecule has 0 aliphatic heterocycles. The van der Waals surface area contributed by atoms with Crippen molar-refractivity contribution in [1.29, 1.82) is 0 Å². The lowest BCUT2D eigenvalue weighted by atomic mass is 10.1. The second-order valence-electron chi connectivity index (χ2n) is 19.1. The van der Waals surface area contributed by atoms with Gasteiger partial charge in [0.25, 0.3) is 0 Å². The SMILES string of the molecule is CC/C=C\C/C=C\C/C=C\C/C=C\C/C=C\C/C=C\C/C=C\C/C=C\CCCCCCC(=O)OCC(COC(=O)CCCCC/C=C\C/C=C\C/C=C\CC)OC(=O)CCCCCCC/C=C\C/C=C\CCCCC. The van der Waals surface area contributed by atoms with E-state index in [2.05, 4.69) is 179 Å². The molecule has 0 aliphatic rings. The number of unbranched alkanes of at least 4 members (excludes halogenated alkanes) is 15. The molecule has 0 heterocycles. The Hall–Kier alpha value is -4.97. The van der Waals surface area contributed by atoms with Gasteiger partial charge in [0.15, 0.2) is 6.10 Å². The maximum absolute atomic E-state index is 12.9. The number of ether oxygens (including phenoxy) is 3. The number of carbonyl (C=O) groups is 3. The van der Waals surface area contributed by atoms with Crippen molar-refractivity contribution in [3.05, 3.63) is 158 Å². The molecule has 0 fully saturated rings. The van der Waals surface area contributed by atoms with Crippen LogP contribution in [0.25, 0.3) is 0 Å². The summed E-state index contributed by atoms with van der Waals surface area (Å²) in [4.78, 5) is 38.2. The van der Waals surface area contributed by atoms with E-state index in [1.807, 2.05) is 0 Å². The summed E-state index contributed by atoms with van der Waals surface area (Å²) in [7, 11) is 0. The van der Waals surface area contributed by atoms with Crippen molar-refractivity contribution in [2.75, 3.05) is 13.2 Å². The van der Waals surface area contributed by atoms with E-state index >= 15 is 0 Å². The largest absolute Gasteiger partial charge is 0.462 e. The van der Waals surface area contributed by atoms with Crippen molar-refractivity contribution in [3.63, 3.8) is 0 Å². The van der Waals surface area contributed by atoms with E-state index in [1.165, 1.54) is 25.7 Å². The van der Waals surface area contributed by atoms with E-state index in [4.69, 9.17) is 14.2 Å². The Kier molecular flexibility index (Phi) is 57.5. The highest BCUT2D eigenvalue weighted by Crippen LogP contribution is 2.13. The van der Waals surface area contributed by atoms with Crippen LogP contribution in [0.1, 0.15) is 239 Å². The second kappa shape index (κ2) is 61.6. The van der Waals surface area contributed by atoms with Gasteiger partial charge < -0.3 is 14.2 Å². The fourth-order valence-electron chi connectivity index (χ4n) is 7.56. The third-order valence-corrected chi connectivity index (χ3v) is 12.0. The molecule has 1 unspecified atom stereocenters. The molecule has 0 N–H and O–H groups in total. The number of rotatable bonds is 52. The standard InChI is InChI=1S/C69H108O6/c1-4-7-10-13-16-19-22-25-27-28-29-30-31-32-33-34-35-36-37-38-39-40-42-44-47-50-53-56-59-62-68(71)74-65-66(64-73-67(70)61-58-55-52-49-46-43-24-21-18-15-12-9-6-3)75-69(72)63-60-57-54-51-48-45-41-26-23-20-17-14-11-8-5-2/h7,9-10,12,16-21,25-27,29-30,32-33,35-36,38-39,41-44,46,66H,4-6,8,11,13-15,22-24,28,31,34,37,40,45,47-65H2,1-3H3/b10-7-,12-9-,19-16-,20-17-,21-18-,27-25-,30-29-,33-32-,36-35-,39-38-,41-26-,44-42-,46-43-. The molecule has 0 radical (unpaired) electrons. The summed E-state index contributed by atoms with van der Waals surface area (Å²) in [6, 6.07) is 0. The van der Waals surface area contributed by atoms with Crippen LogP contribution >= 0.6 is 0 Å². The van der Waals surface area contributed by atoms with Crippen molar-refractivity contribution in [3.8, 4) is 0 Å². The minimum absolute atomic E-state index is 0.113. The van der Waals surface area contributed by atoms with Crippen LogP contribution < -0.4 is 0 Å². The number of hydrogen-bond donors (Lipinski definition) is 0. The quantitative estimate of drug-likeness (QED) is 0.0261. The maximum Gasteiger partial charge on any atom is 0.306 e. The summed E-state index contributed by atoms with van der Waals surface area (Å²) in [6.07, 6.45) is 89.5. The van der Waals surface area contributed by atoms with Crippen LogP contribution in [0.5, 0.6) is 0 Å². The summed E-state index contributed by atoms with van der Waals surface area (Å²) >= 11 is 0. The minimum Gasteiger partial charge on any atom is -0.462 e. The average molecular weight is 1030 g/mol. The molecular formula is C69H108O6. The predicted molar refractivity (Wildman–Crippen MR) is 325 cm³/mol. The molecule has 0 aromatic heterocycles. The van der Waals surface area contributed by atoms with Gasteiger partial charge in [-0.25, -0.2) is 0 Å². The number of allylic oxidation sites excluding steroid dienone is 26. The summed E-state index contributed by atoms with van der Waals surface area (Å²) in [6.45, 7) is 6.31. The van der Waals surface area contributed by atoms with Crippen molar-refractivity contribution in [2.45, 2.75) is 245 Å². The third-order valence-electron chi connectivity index (χ3n) is 12.0. The van der Waals surface area contributed by atoms with Crippen LogP contribution in [0.3, 0.4) is 0 Å². The van der Waals surface area contributed by atoms with Gasteiger partial charge in [-0.3, -0.25) is 14.4 Å². The average Bonchev–Trinajstić information content (AvgIpc) is 3.41. The Morgan fingerprint density at radius 1 is 0.280 bits per heavy atom. The molecule has 0 aromatic rings. The summed E-state index contributed by atoms with van der Waals surface area (Å²) in [5, 5.41) is 0. The molecule has 0 aliphatic carbocycles. The Balaban J connectivity index is 4.43. The summed E-state index contributed by atoms with van der Waals surface area (Å²) in [5.41, 5.74) is 0. The molecule has 6 nitrogen and oxygen atoms in total. The molecule has 420 valence electrons. The van der Waals surface area contributed by atoms with Crippen molar-refractivity contribution in [1.82, 2.24) is 0 Å². The normalized spacial score (nSPS) is 13.3. The lowest BCUT2D eigenvalue weighted by molar-refractivity contribution is -0.167. The highest BCUT2D eigenvalue weighted by Gasteiger charge is 2.19. The van der Waals surface area contributed by atoms with E-state index in [0.29, 0.717) is 19.3 Å². The van der Waals surface area contributed by atoms with Crippen molar-refractivity contribution < 1.29 is 28.6 Å². The zero-order valence-corrected chi connectivity index (χ0v) is 48.0. The van der Waals surface area contributed by atoms with Crippen LogP contribution in [0, 0.1) is 0 Å². The summed E-state index contributed by atoms with van der Waals surface area (Å²) < 4.78 is 16.8. The van der Waals surface area contributed by atoms with Gasteiger partial charge >= 0.3 is 17.9 Å². The fourth-order valence-corrected chi connectivity index (χ4v) is 7.56. The zero-order chi connectivity index (χ0) is 54.3. The molecule has 0 rings (SSSR count). The predicted octanol–water partition coefficient (Wildman–Crippen LogP) is 20.5. The fraction of sp³-hybridized carbons (Fsp3) is 0.580. The highest BCUT2D eigenvalue weighted by atomic mass is 16.6. The third kappa shape index (κ3) is 59.8. The molecule has 6 heteroatoms. The monoisotopic (exact) mass is 1030 g/mol. The first-order valence-corrected chi connectivity index (χ1v) is 30.0. The number of hydrogen-bond acceptors (Lipinski definition) is 6. The first kappa shape index (κ1) is 70.0. The van der Waals surface area contributed by atoms with Crippen molar-refractivity contribution in [2.24, 2.45) is 0 Å². The minimum atomic E-state index is -0.816. The van der Waals surface area contributed by atoms with Gasteiger partial charge in [-0.1, -0.05) is 230 Å². The summed E-state index contributed by atoms with van der Waals surface area (Å²) in [5.74, 6) is -0.987. The zero-order valence-electron chi connectivity index (χ0n) is 48.0. The maximum atomic E-state index is 12.9. The number of esters is 3. The van der Waals surface area contributed by atoms with E-state index < -0.39 is 6.10 Å². The van der Waals surface area contributed by atoms with Gasteiger partial charge in [-0.2, -0.15) is 0 Å². The highest BCUT2D eigenvalue weighted by molar-refractivity contribution is 5.71. The van der Waals surface area contributed by atoms with Gasteiger partial charge in [-0.05, 0) is 148 Å². The molecule has 75 heavy (non-hydrogen) atoms. The molecule has 1 atom stereocenters. The Labute approximate surface area is 460 Å². The van der Waals surface area contributed by atoms with Gasteiger partial charge in [0.05, 0.1) is 0 Å². The lowest BCUT2D eigenvalue weighted by Crippen LogP contribution is -2.30. The van der Waals surface area contributed by atoms with Crippen LogP contribution in [0.4, 0.5) is 0 Å². The van der Waals surface area contributed by atoms with Crippen molar-refractivity contribution >= 4 is 17.9 Å². The van der Waals surface area contributed by atoms with Gasteiger partial charge in [0, 0.05) is 19.3 Å². The van der Waals surface area contributed by atoms with E-state index in [9.17, 15) is 14.4 Å². The van der Waals surface area contributed by atoms with Gasteiger partial charge in [-0.15, -0.1) is 0 Å². The smallest absolute Gasteiger partial charge is 0.306 e. The molecule has 0 spiro atoms. The van der Waals surface area contributed by atoms with E-state index in [-0.39, 0.29) is 31.1 Å². The second-order valence-corrected chi connectivity index (χ2v) is 19.1. The Morgan fingerprint density at radius 2 is 0.520 bits per heavy atom. The molecule has 0 amide bonds. The molecule has 0 aromatic carbocycles. The van der Waals surface area contributed by atoms with Crippen LogP contribution in [0.2, 0.25) is 0 Å². The van der Waals surface area contributed by atoms with Gasteiger partial charge in [0.2, 0.25) is 0 Å². The Bertz CT molecular complexity index is 1710. The van der Waals surface area contributed by atoms with Crippen LogP contribution in [-0.2, 0) is 28.6 Å². The molecule has 0 saturated heterocycles. The van der Waals surface area contributed by atoms with Crippen LogP contribution in [0.15, 0.2) is 158 Å². The van der Waals surface area contributed by atoms with E-state index in [0.717, 1.165) is 173 Å². The first-order chi connectivity index (χ1) is 37.0. The van der Waals surface area contributed by atoms with Gasteiger partial charge in [0.1, 0.15) is 13.2 Å². The number of carbonyl (C=O) groups excluding carboxylic acids is 3. The molecule has 0 saturated carbocycles. The Morgan fingerprint density at radius 3 is 0.827 bits per heavy atom. The lowest BCUT2D eigenvalue weighted by Gasteiger charge is -2.18. The van der Waals surface area contributed by atoms with Crippen LogP contribution in [-0.4, -0.2) is 37.2 Å².